The molecule has 1 atom stereocenters. The molecule has 1 aliphatic heterocycles. The highest BCUT2D eigenvalue weighted by Crippen LogP contribution is 2.28. The van der Waals surface area contributed by atoms with Crippen LogP contribution in [-0.4, -0.2) is 34.6 Å². The highest BCUT2D eigenvalue weighted by atomic mass is 35.5. The van der Waals surface area contributed by atoms with Crippen molar-refractivity contribution in [1.82, 2.24) is 14.9 Å². The Labute approximate surface area is 152 Å². The first-order chi connectivity index (χ1) is 12.2. The zero-order valence-corrected chi connectivity index (χ0v) is 15.1. The standard InChI is InChI=1S/C20H22ClN3O/c1-25-17-5-6-19-18(10-17)15(12-22-19)9-16-3-2-8-24(16)13-14-4-7-20(21)23-11-14/h4-7,10-12,16,22H,2-3,8-9,13H2,1H3/t16-/m1/s1. The highest BCUT2D eigenvalue weighted by Gasteiger charge is 2.25. The van der Waals surface area contributed by atoms with Gasteiger partial charge in [0.1, 0.15) is 10.9 Å². The molecule has 1 fully saturated rings. The molecule has 2 aromatic heterocycles. The molecule has 25 heavy (non-hydrogen) atoms. The van der Waals surface area contributed by atoms with E-state index in [1.807, 2.05) is 18.3 Å². The van der Waals surface area contributed by atoms with Crippen molar-refractivity contribution in [2.75, 3.05) is 13.7 Å². The van der Waals surface area contributed by atoms with E-state index in [1.165, 1.54) is 34.9 Å². The Morgan fingerprint density at radius 1 is 1.32 bits per heavy atom. The van der Waals surface area contributed by atoms with Gasteiger partial charge in [0.05, 0.1) is 7.11 Å². The largest absolute Gasteiger partial charge is 0.497 e. The Bertz CT molecular complexity index is 859. The van der Waals surface area contributed by atoms with Gasteiger partial charge in [-0.3, -0.25) is 4.90 Å². The number of H-pyrrole nitrogens is 1. The number of halogens is 1. The molecule has 0 saturated carbocycles. The first kappa shape index (κ1) is 16.4. The number of rotatable bonds is 5. The van der Waals surface area contributed by atoms with Gasteiger partial charge in [0.25, 0.3) is 0 Å². The second kappa shape index (κ2) is 7.06. The number of benzene rings is 1. The number of methoxy groups -OCH3 is 1. The lowest BCUT2D eigenvalue weighted by Gasteiger charge is -2.24. The summed E-state index contributed by atoms with van der Waals surface area (Å²) in [4.78, 5) is 10.1. The maximum absolute atomic E-state index is 5.89. The summed E-state index contributed by atoms with van der Waals surface area (Å²) in [5.41, 5.74) is 3.75. The van der Waals surface area contributed by atoms with Gasteiger partial charge in [-0.2, -0.15) is 0 Å². The molecule has 1 aromatic carbocycles. The quantitative estimate of drug-likeness (QED) is 0.688. The molecule has 0 radical (unpaired) electrons. The fourth-order valence-corrected chi connectivity index (χ4v) is 3.89. The van der Waals surface area contributed by atoms with Crippen LogP contribution in [0.5, 0.6) is 5.75 Å². The Hall–Kier alpha value is -2.04. The molecule has 1 aliphatic rings. The van der Waals surface area contributed by atoms with Gasteiger partial charge in [0, 0.05) is 35.9 Å². The summed E-state index contributed by atoms with van der Waals surface area (Å²) in [6.45, 7) is 2.07. The van der Waals surface area contributed by atoms with Crippen LogP contribution in [0.3, 0.4) is 0 Å². The van der Waals surface area contributed by atoms with E-state index in [0.29, 0.717) is 11.2 Å². The molecule has 130 valence electrons. The summed E-state index contributed by atoms with van der Waals surface area (Å²) in [6, 6.07) is 10.7. The third-order valence-corrected chi connectivity index (χ3v) is 5.33. The molecule has 3 heterocycles. The number of nitrogens with one attached hydrogen (secondary N) is 1. The summed E-state index contributed by atoms with van der Waals surface area (Å²) in [6.07, 6.45) is 7.56. The zero-order chi connectivity index (χ0) is 17.2. The number of fused-ring (bicyclic) bond motifs is 1. The highest BCUT2D eigenvalue weighted by molar-refractivity contribution is 6.29. The summed E-state index contributed by atoms with van der Waals surface area (Å²) < 4.78 is 5.38. The van der Waals surface area contributed by atoms with Crippen LogP contribution in [0, 0.1) is 0 Å². The van der Waals surface area contributed by atoms with Crippen molar-refractivity contribution in [2.24, 2.45) is 0 Å². The predicted molar refractivity (Wildman–Crippen MR) is 101 cm³/mol. The van der Waals surface area contributed by atoms with E-state index in [0.717, 1.165) is 25.3 Å². The third-order valence-electron chi connectivity index (χ3n) is 5.10. The molecular formula is C20H22ClN3O. The van der Waals surface area contributed by atoms with Crippen molar-refractivity contribution in [3.05, 3.63) is 59.0 Å². The zero-order valence-electron chi connectivity index (χ0n) is 14.3. The summed E-state index contributed by atoms with van der Waals surface area (Å²) >= 11 is 5.89. The molecule has 3 aromatic rings. The Kier molecular flexibility index (Phi) is 4.64. The van der Waals surface area contributed by atoms with Crippen molar-refractivity contribution in [1.29, 1.82) is 0 Å². The van der Waals surface area contributed by atoms with Crippen LogP contribution in [0.25, 0.3) is 10.9 Å². The van der Waals surface area contributed by atoms with Gasteiger partial charge in [-0.05, 0) is 61.2 Å². The molecule has 5 heteroatoms. The minimum atomic E-state index is 0.550. The molecule has 4 rings (SSSR count). The number of hydrogen-bond donors (Lipinski definition) is 1. The van der Waals surface area contributed by atoms with Gasteiger partial charge in [0.15, 0.2) is 0 Å². The lowest BCUT2D eigenvalue weighted by molar-refractivity contribution is 0.244. The van der Waals surface area contributed by atoms with E-state index in [4.69, 9.17) is 16.3 Å². The predicted octanol–water partition coefficient (Wildman–Crippen LogP) is 4.43. The van der Waals surface area contributed by atoms with Crippen LogP contribution in [0.2, 0.25) is 5.15 Å². The van der Waals surface area contributed by atoms with Gasteiger partial charge in [-0.1, -0.05) is 17.7 Å². The number of aromatic amines is 1. The maximum Gasteiger partial charge on any atom is 0.129 e. The molecule has 0 amide bonds. The Balaban J connectivity index is 1.52. The smallest absolute Gasteiger partial charge is 0.129 e. The Morgan fingerprint density at radius 2 is 2.24 bits per heavy atom. The fourth-order valence-electron chi connectivity index (χ4n) is 3.78. The number of hydrogen-bond acceptors (Lipinski definition) is 3. The van der Waals surface area contributed by atoms with E-state index in [2.05, 4.69) is 39.3 Å². The van der Waals surface area contributed by atoms with Crippen LogP contribution in [0.1, 0.15) is 24.0 Å². The number of pyridine rings is 1. The lowest BCUT2D eigenvalue weighted by Crippen LogP contribution is -2.30. The van der Waals surface area contributed by atoms with Crippen LogP contribution < -0.4 is 4.74 Å². The van der Waals surface area contributed by atoms with Gasteiger partial charge in [-0.15, -0.1) is 0 Å². The van der Waals surface area contributed by atoms with Gasteiger partial charge < -0.3 is 9.72 Å². The first-order valence-electron chi connectivity index (χ1n) is 8.71. The summed E-state index contributed by atoms with van der Waals surface area (Å²) in [5.74, 6) is 0.906. The first-order valence-corrected chi connectivity index (χ1v) is 9.09. The molecule has 1 saturated heterocycles. The van der Waals surface area contributed by atoms with E-state index in [1.54, 1.807) is 7.11 Å². The van der Waals surface area contributed by atoms with Gasteiger partial charge in [0.2, 0.25) is 0 Å². The normalized spacial score (nSPS) is 18.1. The van der Waals surface area contributed by atoms with Crippen molar-refractivity contribution in [3.8, 4) is 5.75 Å². The monoisotopic (exact) mass is 355 g/mol. The average Bonchev–Trinajstić information content (AvgIpc) is 3.24. The van der Waals surface area contributed by atoms with E-state index in [9.17, 15) is 0 Å². The van der Waals surface area contributed by atoms with Gasteiger partial charge in [-0.25, -0.2) is 4.98 Å². The van der Waals surface area contributed by atoms with Crippen LogP contribution in [0.4, 0.5) is 0 Å². The topological polar surface area (TPSA) is 41.1 Å². The fraction of sp³-hybridized carbons (Fsp3) is 0.350. The van der Waals surface area contributed by atoms with Crippen molar-refractivity contribution in [2.45, 2.75) is 31.8 Å². The Morgan fingerprint density at radius 3 is 3.04 bits per heavy atom. The van der Waals surface area contributed by atoms with Crippen LogP contribution in [0.15, 0.2) is 42.7 Å². The maximum atomic E-state index is 5.89. The molecule has 0 aliphatic carbocycles. The molecule has 1 N–H and O–H groups in total. The minimum absolute atomic E-state index is 0.550. The van der Waals surface area contributed by atoms with Gasteiger partial charge >= 0.3 is 0 Å². The molecule has 4 nitrogen and oxygen atoms in total. The lowest BCUT2D eigenvalue weighted by atomic mass is 10.0. The van der Waals surface area contributed by atoms with Crippen LogP contribution in [-0.2, 0) is 13.0 Å². The molecule has 0 unspecified atom stereocenters. The average molecular weight is 356 g/mol. The summed E-state index contributed by atoms with van der Waals surface area (Å²) in [7, 11) is 1.71. The number of likely N-dealkylation sites (tertiary alicyclic amines) is 1. The van der Waals surface area contributed by atoms with Crippen LogP contribution >= 0.6 is 11.6 Å². The van der Waals surface area contributed by atoms with E-state index >= 15 is 0 Å². The second-order valence-electron chi connectivity index (χ2n) is 6.69. The van der Waals surface area contributed by atoms with E-state index in [-0.39, 0.29) is 0 Å². The number of aromatic nitrogens is 2. The molecule has 0 bridgehead atoms. The minimum Gasteiger partial charge on any atom is -0.497 e. The third kappa shape index (κ3) is 3.51. The number of nitrogens with zero attached hydrogens (tertiary/aromatic N) is 2. The molecule has 0 spiro atoms. The van der Waals surface area contributed by atoms with E-state index < -0.39 is 0 Å². The number of ether oxygens (including phenoxy) is 1. The second-order valence-corrected chi connectivity index (χ2v) is 7.07. The summed E-state index contributed by atoms with van der Waals surface area (Å²) in [5, 5.41) is 1.81. The molecular weight excluding hydrogens is 334 g/mol. The van der Waals surface area contributed by atoms with Crippen molar-refractivity contribution in [3.63, 3.8) is 0 Å². The van der Waals surface area contributed by atoms with Crippen molar-refractivity contribution < 1.29 is 4.74 Å². The van der Waals surface area contributed by atoms with Crippen molar-refractivity contribution >= 4 is 22.5 Å². The SMILES string of the molecule is COc1ccc2[nH]cc(C[C@H]3CCCN3Cc3ccc(Cl)nc3)c2c1.